The molecular weight excluding hydrogens is 553 g/mol. The molecule has 0 radical (unpaired) electrons. The lowest BCUT2D eigenvalue weighted by molar-refractivity contribution is -0.140. The molecule has 0 aromatic heterocycles. The Kier molecular flexibility index (Phi) is 10.1. The standard InChI is InChI=1S/C26H33Cl2N3O6S/c1-17(2)14-29-26(33)18(3)30(15-19-7-9-21(27)22(28)12-19)25(32)6-5-11-31(38(4,34)35)20-8-10-23-24(13-20)37-16-36-23/h7-10,12-13,17-18H,5-6,11,14-16H2,1-4H3,(H,29,33)/t18-/m1/s1. The van der Waals surface area contributed by atoms with E-state index in [-0.39, 0.29) is 50.5 Å². The number of sulfonamides is 1. The monoisotopic (exact) mass is 585 g/mol. The largest absolute Gasteiger partial charge is 0.454 e. The number of halogens is 2. The Morgan fingerprint density at radius 3 is 2.39 bits per heavy atom. The average molecular weight is 587 g/mol. The Bertz CT molecular complexity index is 1270. The minimum atomic E-state index is -3.64. The zero-order valence-electron chi connectivity index (χ0n) is 21.9. The number of nitrogens with zero attached hydrogens (tertiary/aromatic N) is 2. The van der Waals surface area contributed by atoms with E-state index in [4.69, 9.17) is 32.7 Å². The molecule has 1 aliphatic heterocycles. The van der Waals surface area contributed by atoms with E-state index in [2.05, 4.69) is 5.32 Å². The maximum absolute atomic E-state index is 13.4. The van der Waals surface area contributed by atoms with Gasteiger partial charge in [-0.15, -0.1) is 0 Å². The predicted octanol–water partition coefficient (Wildman–Crippen LogP) is 4.46. The average Bonchev–Trinajstić information content (AvgIpc) is 3.32. The number of hydrogen-bond acceptors (Lipinski definition) is 6. The first-order valence-electron chi connectivity index (χ1n) is 12.2. The first-order chi connectivity index (χ1) is 17.9. The maximum Gasteiger partial charge on any atom is 0.242 e. The highest BCUT2D eigenvalue weighted by Crippen LogP contribution is 2.36. The summed E-state index contributed by atoms with van der Waals surface area (Å²) < 4.78 is 37.0. The molecule has 0 unspecified atom stereocenters. The van der Waals surface area contributed by atoms with Crippen molar-refractivity contribution in [2.75, 3.05) is 30.4 Å². The van der Waals surface area contributed by atoms with Crippen molar-refractivity contribution in [1.29, 1.82) is 0 Å². The third kappa shape index (κ3) is 7.91. The summed E-state index contributed by atoms with van der Waals surface area (Å²) in [4.78, 5) is 27.7. The van der Waals surface area contributed by atoms with E-state index in [0.29, 0.717) is 33.8 Å². The highest BCUT2D eigenvalue weighted by Gasteiger charge is 2.27. The summed E-state index contributed by atoms with van der Waals surface area (Å²) in [5.41, 5.74) is 1.13. The summed E-state index contributed by atoms with van der Waals surface area (Å²) in [5.74, 6) is 0.692. The zero-order valence-corrected chi connectivity index (χ0v) is 24.2. The molecule has 2 amide bonds. The summed E-state index contributed by atoms with van der Waals surface area (Å²) in [5, 5.41) is 3.61. The molecule has 0 bridgehead atoms. The van der Waals surface area contributed by atoms with E-state index in [0.717, 1.165) is 11.8 Å². The van der Waals surface area contributed by atoms with Gasteiger partial charge in [-0.2, -0.15) is 0 Å². The summed E-state index contributed by atoms with van der Waals surface area (Å²) in [6.07, 6.45) is 1.37. The molecule has 0 saturated carbocycles. The van der Waals surface area contributed by atoms with Crippen LogP contribution in [-0.2, 0) is 26.2 Å². The van der Waals surface area contributed by atoms with Gasteiger partial charge in [-0.25, -0.2) is 8.42 Å². The van der Waals surface area contributed by atoms with E-state index in [1.807, 2.05) is 13.8 Å². The molecule has 0 spiro atoms. The van der Waals surface area contributed by atoms with Gasteiger partial charge in [-0.1, -0.05) is 43.1 Å². The highest BCUT2D eigenvalue weighted by atomic mass is 35.5. The maximum atomic E-state index is 13.4. The van der Waals surface area contributed by atoms with Crippen LogP contribution in [0.2, 0.25) is 10.0 Å². The fourth-order valence-corrected chi connectivity index (χ4v) is 5.19. The molecule has 2 aromatic carbocycles. The van der Waals surface area contributed by atoms with Gasteiger partial charge in [0.25, 0.3) is 0 Å². The summed E-state index contributed by atoms with van der Waals surface area (Å²) >= 11 is 12.2. The zero-order chi connectivity index (χ0) is 28.0. The summed E-state index contributed by atoms with van der Waals surface area (Å²) in [7, 11) is -3.64. The highest BCUT2D eigenvalue weighted by molar-refractivity contribution is 7.92. The molecule has 12 heteroatoms. The SMILES string of the molecule is CC(C)CNC(=O)[C@@H](C)N(Cc1ccc(Cl)c(Cl)c1)C(=O)CCCN(c1ccc2c(c1)OCO2)S(C)(=O)=O. The molecule has 2 aromatic rings. The third-order valence-corrected chi connectivity index (χ3v) is 7.92. The van der Waals surface area contributed by atoms with Gasteiger partial charge < -0.3 is 19.7 Å². The number of hydrogen-bond donors (Lipinski definition) is 1. The number of carbonyl (C=O) groups excluding carboxylic acids is 2. The van der Waals surface area contributed by atoms with Crippen molar-refractivity contribution in [2.24, 2.45) is 5.92 Å². The van der Waals surface area contributed by atoms with Crippen molar-refractivity contribution in [3.63, 3.8) is 0 Å². The van der Waals surface area contributed by atoms with Gasteiger partial charge in [-0.05, 0) is 49.1 Å². The van der Waals surface area contributed by atoms with E-state index >= 15 is 0 Å². The smallest absolute Gasteiger partial charge is 0.242 e. The molecule has 3 rings (SSSR count). The topological polar surface area (TPSA) is 105 Å². The van der Waals surface area contributed by atoms with Gasteiger partial charge in [0.05, 0.1) is 22.0 Å². The molecule has 1 aliphatic rings. The lowest BCUT2D eigenvalue weighted by Crippen LogP contribution is -2.48. The van der Waals surface area contributed by atoms with Crippen LogP contribution in [0.1, 0.15) is 39.2 Å². The third-order valence-electron chi connectivity index (χ3n) is 5.99. The molecule has 1 heterocycles. The van der Waals surface area contributed by atoms with Crippen LogP contribution in [0.25, 0.3) is 0 Å². The Hall–Kier alpha value is -2.69. The second-order valence-corrected chi connectivity index (χ2v) is 12.3. The quantitative estimate of drug-likeness (QED) is 0.394. The summed E-state index contributed by atoms with van der Waals surface area (Å²) in [6.45, 7) is 6.40. The van der Waals surface area contributed by atoms with Gasteiger partial charge in [-0.3, -0.25) is 13.9 Å². The number of amides is 2. The Balaban J connectivity index is 1.74. The summed E-state index contributed by atoms with van der Waals surface area (Å²) in [6, 6.07) is 9.18. The van der Waals surface area contributed by atoms with Crippen LogP contribution in [0, 0.1) is 5.92 Å². The van der Waals surface area contributed by atoms with Gasteiger partial charge in [0.2, 0.25) is 28.6 Å². The number of carbonyl (C=O) groups is 2. The predicted molar refractivity (Wildman–Crippen MR) is 148 cm³/mol. The molecular formula is C26H33Cl2N3O6S. The van der Waals surface area contributed by atoms with Crippen LogP contribution in [0.4, 0.5) is 5.69 Å². The number of benzene rings is 2. The number of anilines is 1. The fraction of sp³-hybridized carbons (Fsp3) is 0.462. The van der Waals surface area contributed by atoms with Crippen LogP contribution in [0.5, 0.6) is 11.5 Å². The van der Waals surface area contributed by atoms with Gasteiger partial charge >= 0.3 is 0 Å². The van der Waals surface area contributed by atoms with Crippen LogP contribution in [0.15, 0.2) is 36.4 Å². The first-order valence-corrected chi connectivity index (χ1v) is 14.9. The van der Waals surface area contributed by atoms with Crippen molar-refractivity contribution in [2.45, 2.75) is 46.2 Å². The minimum Gasteiger partial charge on any atom is -0.454 e. The van der Waals surface area contributed by atoms with E-state index in [1.54, 1.807) is 43.3 Å². The van der Waals surface area contributed by atoms with Crippen LogP contribution >= 0.6 is 23.2 Å². The van der Waals surface area contributed by atoms with Gasteiger partial charge in [0.15, 0.2) is 11.5 Å². The second kappa shape index (κ2) is 12.9. The normalized spacial score (nSPS) is 13.3. The second-order valence-electron chi connectivity index (χ2n) is 9.56. The molecule has 1 N–H and O–H groups in total. The van der Waals surface area contributed by atoms with E-state index in [1.165, 1.54) is 9.21 Å². The van der Waals surface area contributed by atoms with Crippen molar-refractivity contribution < 1.29 is 27.5 Å². The van der Waals surface area contributed by atoms with Crippen LogP contribution in [0.3, 0.4) is 0 Å². The fourth-order valence-electron chi connectivity index (χ4n) is 3.91. The lowest BCUT2D eigenvalue weighted by atomic mass is 10.1. The Labute approximate surface area is 234 Å². The first kappa shape index (κ1) is 29.9. The molecule has 0 saturated heterocycles. The Morgan fingerprint density at radius 1 is 1.03 bits per heavy atom. The van der Waals surface area contributed by atoms with Crippen molar-refractivity contribution in [1.82, 2.24) is 10.2 Å². The Morgan fingerprint density at radius 2 is 1.74 bits per heavy atom. The molecule has 208 valence electrons. The molecule has 1 atom stereocenters. The lowest BCUT2D eigenvalue weighted by Gasteiger charge is -2.30. The van der Waals surface area contributed by atoms with Gasteiger partial charge in [0.1, 0.15) is 6.04 Å². The van der Waals surface area contributed by atoms with E-state index < -0.39 is 16.1 Å². The van der Waals surface area contributed by atoms with Crippen molar-refractivity contribution in [3.8, 4) is 11.5 Å². The molecule has 38 heavy (non-hydrogen) atoms. The number of nitrogens with one attached hydrogen (secondary N) is 1. The molecule has 0 aliphatic carbocycles. The minimum absolute atomic E-state index is 0.0275. The van der Waals surface area contributed by atoms with Crippen LogP contribution < -0.4 is 19.1 Å². The van der Waals surface area contributed by atoms with Crippen LogP contribution in [-0.4, -0.2) is 57.3 Å². The number of rotatable bonds is 12. The number of ether oxygens (including phenoxy) is 2. The molecule has 9 nitrogen and oxygen atoms in total. The van der Waals surface area contributed by atoms with E-state index in [9.17, 15) is 18.0 Å². The molecule has 0 fully saturated rings. The van der Waals surface area contributed by atoms with Crippen molar-refractivity contribution >= 4 is 50.7 Å². The van der Waals surface area contributed by atoms with Crippen molar-refractivity contribution in [3.05, 3.63) is 52.0 Å². The number of fused-ring (bicyclic) bond motifs is 1. The van der Waals surface area contributed by atoms with Gasteiger partial charge in [0, 0.05) is 32.1 Å².